The lowest BCUT2D eigenvalue weighted by Gasteiger charge is -2.11. The minimum atomic E-state index is -1.26. The normalized spacial score (nSPS) is 17.2. The number of hydrogen-bond donors (Lipinski definition) is 3. The topological polar surface area (TPSA) is 60.7 Å². The van der Waals surface area contributed by atoms with Crippen molar-refractivity contribution >= 4 is 0 Å². The van der Waals surface area contributed by atoms with Gasteiger partial charge in [0.05, 0.1) is 6.10 Å². The molecular weight excluding hydrogens is 156 g/mol. The van der Waals surface area contributed by atoms with Crippen molar-refractivity contribution in [1.82, 2.24) is 0 Å². The van der Waals surface area contributed by atoms with Crippen molar-refractivity contribution < 1.29 is 15.3 Å². The molecule has 0 aliphatic rings. The summed E-state index contributed by atoms with van der Waals surface area (Å²) in [6, 6.07) is 0. The Balaban J connectivity index is 3.46. The molecule has 3 nitrogen and oxygen atoms in total. The summed E-state index contributed by atoms with van der Waals surface area (Å²) >= 11 is 0. The molecule has 0 heterocycles. The van der Waals surface area contributed by atoms with Gasteiger partial charge in [0.15, 0.2) is 6.29 Å². The summed E-state index contributed by atoms with van der Waals surface area (Å²) < 4.78 is 0. The van der Waals surface area contributed by atoms with Gasteiger partial charge in [-0.2, -0.15) is 0 Å². The number of allylic oxidation sites excluding steroid dienone is 1. The minimum absolute atomic E-state index is 0.220. The zero-order chi connectivity index (χ0) is 9.56. The number of aliphatic hydroxyl groups is 3. The van der Waals surface area contributed by atoms with Crippen molar-refractivity contribution in [2.75, 3.05) is 0 Å². The summed E-state index contributed by atoms with van der Waals surface area (Å²) in [6.45, 7) is 3.70. The highest BCUT2D eigenvalue weighted by Crippen LogP contribution is 2.08. The quantitative estimate of drug-likeness (QED) is 0.423. The molecule has 0 rings (SSSR count). The van der Waals surface area contributed by atoms with Gasteiger partial charge in [0.25, 0.3) is 0 Å². The Hall–Kier alpha value is -0.380. The van der Waals surface area contributed by atoms with Gasteiger partial charge in [0.1, 0.15) is 0 Å². The van der Waals surface area contributed by atoms with Gasteiger partial charge in [-0.25, -0.2) is 0 Å². The molecular formula is C9H18O3. The van der Waals surface area contributed by atoms with E-state index in [0.29, 0.717) is 0 Å². The molecule has 2 unspecified atom stereocenters. The molecule has 0 saturated carbocycles. The van der Waals surface area contributed by atoms with E-state index in [2.05, 4.69) is 0 Å². The van der Waals surface area contributed by atoms with Crippen LogP contribution in [-0.2, 0) is 0 Å². The van der Waals surface area contributed by atoms with E-state index in [-0.39, 0.29) is 18.4 Å². The molecule has 0 aliphatic heterocycles. The lowest BCUT2D eigenvalue weighted by atomic mass is 10.0. The van der Waals surface area contributed by atoms with Crippen molar-refractivity contribution in [3.05, 3.63) is 12.2 Å². The van der Waals surface area contributed by atoms with Gasteiger partial charge in [0, 0.05) is 6.42 Å². The fourth-order valence-electron chi connectivity index (χ4n) is 0.726. The second-order valence-corrected chi connectivity index (χ2v) is 3.14. The standard InChI is InChI=1S/C9H18O3/c1-7(8(2)10)5-3-4-6-9(11)12/h3-4,7-12H,5-6H2,1-2H3. The average molecular weight is 174 g/mol. The van der Waals surface area contributed by atoms with Gasteiger partial charge in [-0.15, -0.1) is 0 Å². The summed E-state index contributed by atoms with van der Waals surface area (Å²) in [6.07, 6.45) is 3.02. The number of aliphatic hydroxyl groups excluding tert-OH is 2. The fourth-order valence-corrected chi connectivity index (χ4v) is 0.726. The monoisotopic (exact) mass is 174 g/mol. The summed E-state index contributed by atoms with van der Waals surface area (Å²) in [5.41, 5.74) is 0. The van der Waals surface area contributed by atoms with E-state index >= 15 is 0 Å². The largest absolute Gasteiger partial charge is 0.393 e. The molecule has 72 valence electrons. The maximum atomic E-state index is 9.10. The first-order valence-corrected chi connectivity index (χ1v) is 4.23. The maximum Gasteiger partial charge on any atom is 0.154 e. The van der Waals surface area contributed by atoms with E-state index in [4.69, 9.17) is 15.3 Å². The first-order chi connectivity index (χ1) is 5.54. The molecule has 0 radical (unpaired) electrons. The highest BCUT2D eigenvalue weighted by atomic mass is 16.5. The van der Waals surface area contributed by atoms with E-state index in [1.165, 1.54) is 0 Å². The molecule has 0 amide bonds. The van der Waals surface area contributed by atoms with Crippen LogP contribution >= 0.6 is 0 Å². The smallest absolute Gasteiger partial charge is 0.154 e. The SMILES string of the molecule is CC(O)C(C)CC=CCC(O)O. The highest BCUT2D eigenvalue weighted by Gasteiger charge is 2.05. The molecule has 3 heteroatoms. The van der Waals surface area contributed by atoms with E-state index in [0.717, 1.165) is 6.42 Å². The Kier molecular flexibility index (Phi) is 5.98. The van der Waals surface area contributed by atoms with Crippen LogP contribution in [0.3, 0.4) is 0 Å². The summed E-state index contributed by atoms with van der Waals surface area (Å²) in [5, 5.41) is 26.1. The third kappa shape index (κ3) is 6.34. The lowest BCUT2D eigenvalue weighted by molar-refractivity contribution is -0.0361. The van der Waals surface area contributed by atoms with Gasteiger partial charge in [0.2, 0.25) is 0 Å². The Morgan fingerprint density at radius 3 is 1.92 bits per heavy atom. The second-order valence-electron chi connectivity index (χ2n) is 3.14. The average Bonchev–Trinajstić information content (AvgIpc) is 1.97. The van der Waals surface area contributed by atoms with Gasteiger partial charge >= 0.3 is 0 Å². The predicted molar refractivity (Wildman–Crippen MR) is 47.4 cm³/mol. The van der Waals surface area contributed by atoms with Gasteiger partial charge in [-0.1, -0.05) is 19.1 Å². The Morgan fingerprint density at radius 1 is 1.00 bits per heavy atom. The second kappa shape index (κ2) is 6.17. The fraction of sp³-hybridized carbons (Fsp3) is 0.778. The molecule has 0 spiro atoms. The molecule has 0 aromatic rings. The van der Waals surface area contributed by atoms with Crippen molar-refractivity contribution in [3.63, 3.8) is 0 Å². The van der Waals surface area contributed by atoms with Crippen LogP contribution in [0.25, 0.3) is 0 Å². The van der Waals surface area contributed by atoms with E-state index in [1.807, 2.05) is 13.0 Å². The molecule has 0 fully saturated rings. The predicted octanol–water partition coefficient (Wildman–Crippen LogP) is 0.650. The van der Waals surface area contributed by atoms with Crippen molar-refractivity contribution in [1.29, 1.82) is 0 Å². The first kappa shape index (κ1) is 11.6. The van der Waals surface area contributed by atoms with Crippen LogP contribution < -0.4 is 0 Å². The molecule has 2 atom stereocenters. The molecule has 0 bridgehead atoms. The molecule has 0 saturated heterocycles. The molecule has 0 aliphatic carbocycles. The van der Waals surface area contributed by atoms with E-state index in [9.17, 15) is 0 Å². The number of hydrogen-bond acceptors (Lipinski definition) is 3. The molecule has 0 aromatic carbocycles. The van der Waals surface area contributed by atoms with Crippen LogP contribution in [-0.4, -0.2) is 27.7 Å². The lowest BCUT2D eigenvalue weighted by Crippen LogP contribution is -2.11. The van der Waals surface area contributed by atoms with Gasteiger partial charge < -0.3 is 15.3 Å². The Labute approximate surface area is 73.4 Å². The zero-order valence-electron chi connectivity index (χ0n) is 7.64. The summed E-state index contributed by atoms with van der Waals surface area (Å²) in [7, 11) is 0. The van der Waals surface area contributed by atoms with E-state index in [1.54, 1.807) is 13.0 Å². The van der Waals surface area contributed by atoms with Crippen LogP contribution in [0, 0.1) is 5.92 Å². The van der Waals surface area contributed by atoms with Gasteiger partial charge in [-0.3, -0.25) is 0 Å². The van der Waals surface area contributed by atoms with Crippen molar-refractivity contribution in [3.8, 4) is 0 Å². The highest BCUT2D eigenvalue weighted by molar-refractivity contribution is 4.84. The summed E-state index contributed by atoms with van der Waals surface area (Å²) in [5.74, 6) is 0.220. The Bertz CT molecular complexity index is 130. The first-order valence-electron chi connectivity index (χ1n) is 4.23. The third-order valence-corrected chi connectivity index (χ3v) is 1.84. The van der Waals surface area contributed by atoms with Crippen LogP contribution in [0.2, 0.25) is 0 Å². The third-order valence-electron chi connectivity index (χ3n) is 1.84. The van der Waals surface area contributed by atoms with Crippen molar-refractivity contribution in [2.24, 2.45) is 5.92 Å². The van der Waals surface area contributed by atoms with Crippen LogP contribution in [0.4, 0.5) is 0 Å². The summed E-state index contributed by atoms with van der Waals surface area (Å²) in [4.78, 5) is 0. The molecule has 12 heavy (non-hydrogen) atoms. The van der Waals surface area contributed by atoms with Crippen LogP contribution in [0.15, 0.2) is 12.2 Å². The van der Waals surface area contributed by atoms with Crippen LogP contribution in [0.5, 0.6) is 0 Å². The van der Waals surface area contributed by atoms with Crippen LogP contribution in [0.1, 0.15) is 26.7 Å². The molecule has 3 N–H and O–H groups in total. The Morgan fingerprint density at radius 2 is 1.50 bits per heavy atom. The maximum absolute atomic E-state index is 9.10. The molecule has 0 aromatic heterocycles. The van der Waals surface area contributed by atoms with E-state index < -0.39 is 6.29 Å². The van der Waals surface area contributed by atoms with Gasteiger partial charge in [-0.05, 0) is 19.3 Å². The van der Waals surface area contributed by atoms with Crippen molar-refractivity contribution in [2.45, 2.75) is 39.1 Å². The number of rotatable bonds is 5. The minimum Gasteiger partial charge on any atom is -0.393 e. The zero-order valence-corrected chi connectivity index (χ0v) is 7.64.